The van der Waals surface area contributed by atoms with E-state index in [1.807, 2.05) is 24.3 Å². The fraction of sp³-hybridized carbons (Fsp3) is 0.250. The summed E-state index contributed by atoms with van der Waals surface area (Å²) in [4.78, 5) is 21.6. The highest BCUT2D eigenvalue weighted by Gasteiger charge is 2.16. The number of nitrogens with one attached hydrogen (secondary N) is 2. The fourth-order valence-corrected chi connectivity index (χ4v) is 3.03. The van der Waals surface area contributed by atoms with Crippen molar-refractivity contribution in [2.24, 2.45) is 0 Å². The molecular formula is C16H17N5OS. The topological polar surface area (TPSA) is 83.6 Å². The van der Waals surface area contributed by atoms with Gasteiger partial charge in [0, 0.05) is 17.0 Å². The summed E-state index contributed by atoms with van der Waals surface area (Å²) < 4.78 is 0. The number of hydrogen-bond donors (Lipinski definition) is 2. The van der Waals surface area contributed by atoms with E-state index in [2.05, 4.69) is 39.3 Å². The molecule has 3 aromatic rings. The first kappa shape index (κ1) is 15.4. The zero-order valence-corrected chi connectivity index (χ0v) is 13.7. The molecule has 0 saturated heterocycles. The first-order valence-corrected chi connectivity index (χ1v) is 8.19. The van der Waals surface area contributed by atoms with Crippen LogP contribution < -0.4 is 5.32 Å². The number of aromatic nitrogens is 4. The maximum atomic E-state index is 12.3. The van der Waals surface area contributed by atoms with Gasteiger partial charge in [-0.3, -0.25) is 9.89 Å². The summed E-state index contributed by atoms with van der Waals surface area (Å²) in [7, 11) is 0. The van der Waals surface area contributed by atoms with E-state index in [1.165, 1.54) is 17.7 Å². The van der Waals surface area contributed by atoms with E-state index >= 15 is 0 Å². The number of rotatable bonds is 5. The van der Waals surface area contributed by atoms with Crippen molar-refractivity contribution in [3.63, 3.8) is 0 Å². The highest BCUT2D eigenvalue weighted by Crippen LogP contribution is 2.23. The van der Waals surface area contributed by atoms with Crippen LogP contribution in [0, 0.1) is 0 Å². The number of carbonyl (C=O) groups excluding carboxylic acids is 1. The van der Waals surface area contributed by atoms with Crippen molar-refractivity contribution in [2.45, 2.75) is 26.3 Å². The minimum atomic E-state index is -0.130. The molecule has 1 amide bonds. The molecule has 0 bridgehead atoms. The lowest BCUT2D eigenvalue weighted by molar-refractivity contribution is 0.0945. The molecule has 1 aromatic carbocycles. The number of hydrogen-bond acceptors (Lipinski definition) is 5. The highest BCUT2D eigenvalue weighted by molar-refractivity contribution is 7.10. The van der Waals surface area contributed by atoms with Crippen LogP contribution in [0.1, 0.15) is 40.7 Å². The fourth-order valence-electron chi connectivity index (χ4n) is 2.23. The van der Waals surface area contributed by atoms with Crippen LogP contribution in [0.2, 0.25) is 0 Å². The minimum Gasteiger partial charge on any atom is -0.347 e. The maximum Gasteiger partial charge on any atom is 0.271 e. The molecule has 23 heavy (non-hydrogen) atoms. The predicted molar refractivity (Wildman–Crippen MR) is 89.2 cm³/mol. The Bertz CT molecular complexity index is 777. The van der Waals surface area contributed by atoms with Crippen LogP contribution in [0.15, 0.2) is 36.1 Å². The Morgan fingerprint density at radius 1 is 1.26 bits per heavy atom. The van der Waals surface area contributed by atoms with Crippen LogP contribution in [-0.4, -0.2) is 26.1 Å². The predicted octanol–water partition coefficient (Wildman–Crippen LogP) is 2.98. The number of H-pyrrole nitrogens is 1. The van der Waals surface area contributed by atoms with Crippen LogP contribution in [-0.2, 0) is 6.54 Å². The van der Waals surface area contributed by atoms with E-state index in [0.717, 1.165) is 21.8 Å². The molecule has 0 fully saturated rings. The second-order valence-corrected chi connectivity index (χ2v) is 6.32. The van der Waals surface area contributed by atoms with Gasteiger partial charge in [-0.2, -0.15) is 5.10 Å². The molecule has 0 unspecified atom stereocenters. The second kappa shape index (κ2) is 6.70. The third kappa shape index (κ3) is 3.45. The Morgan fingerprint density at radius 2 is 2.04 bits per heavy atom. The Kier molecular flexibility index (Phi) is 4.47. The average Bonchev–Trinajstić information content (AvgIpc) is 3.24. The number of carbonyl (C=O) groups is 1. The minimum absolute atomic E-state index is 0.130. The summed E-state index contributed by atoms with van der Waals surface area (Å²) >= 11 is 1.52. The molecule has 2 N–H and O–H groups in total. The van der Waals surface area contributed by atoms with Gasteiger partial charge in [-0.05, 0) is 11.5 Å². The lowest BCUT2D eigenvalue weighted by atomic mass is 10.1. The molecule has 6 nitrogen and oxygen atoms in total. The Balaban J connectivity index is 1.64. The first-order chi connectivity index (χ1) is 11.1. The van der Waals surface area contributed by atoms with E-state index in [0.29, 0.717) is 18.2 Å². The molecule has 0 aliphatic heterocycles. The molecule has 7 heteroatoms. The Hall–Kier alpha value is -2.54. The average molecular weight is 327 g/mol. The van der Waals surface area contributed by atoms with E-state index in [-0.39, 0.29) is 5.91 Å². The van der Waals surface area contributed by atoms with Gasteiger partial charge >= 0.3 is 0 Å². The van der Waals surface area contributed by atoms with Crippen LogP contribution in [0.4, 0.5) is 0 Å². The molecule has 0 radical (unpaired) electrons. The number of thiazole rings is 1. The van der Waals surface area contributed by atoms with E-state index in [1.54, 1.807) is 5.51 Å². The third-order valence-electron chi connectivity index (χ3n) is 3.43. The summed E-state index contributed by atoms with van der Waals surface area (Å²) in [5.74, 6) is 0.892. The lowest BCUT2D eigenvalue weighted by Crippen LogP contribution is -2.24. The van der Waals surface area contributed by atoms with Crippen molar-refractivity contribution in [1.29, 1.82) is 0 Å². The van der Waals surface area contributed by atoms with Crippen molar-refractivity contribution in [2.75, 3.05) is 0 Å². The van der Waals surface area contributed by atoms with E-state index in [4.69, 9.17) is 0 Å². The van der Waals surface area contributed by atoms with Gasteiger partial charge in [0.25, 0.3) is 5.91 Å². The highest BCUT2D eigenvalue weighted by atomic mass is 32.1. The van der Waals surface area contributed by atoms with Crippen LogP contribution in [0.25, 0.3) is 11.4 Å². The van der Waals surface area contributed by atoms with Crippen molar-refractivity contribution in [3.8, 4) is 11.4 Å². The summed E-state index contributed by atoms with van der Waals surface area (Å²) in [6, 6.07) is 7.82. The summed E-state index contributed by atoms with van der Waals surface area (Å²) in [6.07, 6.45) is 1.48. The van der Waals surface area contributed by atoms with Gasteiger partial charge in [-0.15, -0.1) is 11.3 Å². The second-order valence-electron chi connectivity index (χ2n) is 5.43. The maximum absolute atomic E-state index is 12.3. The van der Waals surface area contributed by atoms with Crippen LogP contribution in [0.3, 0.4) is 0 Å². The Morgan fingerprint density at radius 3 is 2.70 bits per heavy atom. The van der Waals surface area contributed by atoms with E-state index < -0.39 is 0 Å². The summed E-state index contributed by atoms with van der Waals surface area (Å²) in [5, 5.41) is 9.57. The van der Waals surface area contributed by atoms with Gasteiger partial charge in [0.2, 0.25) is 0 Å². The first-order valence-electron chi connectivity index (χ1n) is 7.31. The van der Waals surface area contributed by atoms with Crippen molar-refractivity contribution >= 4 is 17.2 Å². The summed E-state index contributed by atoms with van der Waals surface area (Å²) in [5.41, 5.74) is 4.22. The SMILES string of the molecule is CC(C)c1scnc1C(=O)NCc1ccc(-c2ncn[nH]2)cc1. The van der Waals surface area contributed by atoms with E-state index in [9.17, 15) is 4.79 Å². The zero-order chi connectivity index (χ0) is 16.2. The molecule has 0 saturated carbocycles. The molecule has 0 aliphatic rings. The van der Waals surface area contributed by atoms with Gasteiger partial charge in [-0.1, -0.05) is 38.1 Å². The van der Waals surface area contributed by atoms with Crippen molar-refractivity contribution in [3.05, 3.63) is 52.2 Å². The molecule has 0 aliphatic carbocycles. The van der Waals surface area contributed by atoms with Crippen molar-refractivity contribution < 1.29 is 4.79 Å². The lowest BCUT2D eigenvalue weighted by Gasteiger charge is -2.07. The molecular weight excluding hydrogens is 310 g/mol. The number of aromatic amines is 1. The molecule has 0 spiro atoms. The van der Waals surface area contributed by atoms with Gasteiger partial charge in [0.1, 0.15) is 12.0 Å². The monoisotopic (exact) mass is 327 g/mol. The number of amides is 1. The Labute approximate surface area is 138 Å². The van der Waals surface area contributed by atoms with Gasteiger partial charge in [-0.25, -0.2) is 9.97 Å². The summed E-state index contributed by atoms with van der Waals surface area (Å²) in [6.45, 7) is 4.59. The molecule has 0 atom stereocenters. The van der Waals surface area contributed by atoms with Crippen LogP contribution >= 0.6 is 11.3 Å². The van der Waals surface area contributed by atoms with Crippen molar-refractivity contribution in [1.82, 2.24) is 25.5 Å². The van der Waals surface area contributed by atoms with Gasteiger partial charge in [0.05, 0.1) is 5.51 Å². The third-order valence-corrected chi connectivity index (χ3v) is 4.56. The standard InChI is InChI=1S/C16H17N5OS/c1-10(2)14-13(19-9-23-14)16(22)17-7-11-3-5-12(6-4-11)15-18-8-20-21-15/h3-6,8-10H,7H2,1-2H3,(H,17,22)(H,18,20,21). The molecule has 2 heterocycles. The number of benzene rings is 1. The zero-order valence-electron chi connectivity index (χ0n) is 12.9. The molecule has 3 rings (SSSR count). The smallest absolute Gasteiger partial charge is 0.271 e. The van der Waals surface area contributed by atoms with Gasteiger partial charge < -0.3 is 5.32 Å². The normalized spacial score (nSPS) is 10.9. The number of nitrogens with zero attached hydrogens (tertiary/aromatic N) is 3. The van der Waals surface area contributed by atoms with Crippen LogP contribution in [0.5, 0.6) is 0 Å². The molecule has 118 valence electrons. The van der Waals surface area contributed by atoms with Gasteiger partial charge in [0.15, 0.2) is 5.82 Å². The molecule has 2 aromatic heterocycles. The largest absolute Gasteiger partial charge is 0.347 e. The quantitative estimate of drug-likeness (QED) is 0.754.